The van der Waals surface area contributed by atoms with Crippen molar-refractivity contribution in [3.05, 3.63) is 0 Å². The molecule has 0 aromatic heterocycles. The second kappa shape index (κ2) is 19.9. The van der Waals surface area contributed by atoms with Gasteiger partial charge in [0.2, 0.25) is 29.5 Å². The highest BCUT2D eigenvalue weighted by Crippen LogP contribution is 2.15. The number of ether oxygens (including phenoxy) is 1. The van der Waals surface area contributed by atoms with Gasteiger partial charge < -0.3 is 31.3 Å². The number of amides is 5. The van der Waals surface area contributed by atoms with E-state index >= 15 is 0 Å². The summed E-state index contributed by atoms with van der Waals surface area (Å²) in [4.78, 5) is 77.5. The highest BCUT2D eigenvalue weighted by molar-refractivity contribution is 5.95. The molecule has 12 heteroatoms. The Hall–Kier alpha value is -3.18. The lowest BCUT2D eigenvalue weighted by Crippen LogP contribution is -2.58. The van der Waals surface area contributed by atoms with Crippen LogP contribution in [-0.4, -0.2) is 72.3 Å². The van der Waals surface area contributed by atoms with Gasteiger partial charge in [0, 0.05) is 0 Å². The number of hydrogen-bond acceptors (Lipinski definition) is 7. The van der Waals surface area contributed by atoms with Crippen molar-refractivity contribution in [2.45, 2.75) is 143 Å². The monoisotopic (exact) mass is 609 g/mol. The van der Waals surface area contributed by atoms with Crippen LogP contribution in [0.5, 0.6) is 0 Å². The van der Waals surface area contributed by atoms with Crippen LogP contribution in [-0.2, 0) is 33.5 Å². The van der Waals surface area contributed by atoms with Crippen LogP contribution >= 0.6 is 0 Å². The molecule has 12 nitrogen and oxygen atoms in total. The fraction of sp³-hybridized carbons (Fsp3) is 0.806. The highest BCUT2D eigenvalue weighted by atomic mass is 16.5. The third-order valence-electron chi connectivity index (χ3n) is 7.34. The van der Waals surface area contributed by atoms with Crippen LogP contribution in [0.3, 0.4) is 0 Å². The van der Waals surface area contributed by atoms with Crippen LogP contribution in [0.25, 0.3) is 0 Å². The summed E-state index contributed by atoms with van der Waals surface area (Å²) in [5.41, 5.74) is 0. The maximum atomic E-state index is 13.2. The lowest BCUT2D eigenvalue weighted by atomic mass is 9.99. The maximum absolute atomic E-state index is 13.2. The van der Waals surface area contributed by atoms with Crippen LogP contribution in [0, 0.1) is 11.8 Å². The summed E-state index contributed by atoms with van der Waals surface area (Å²) < 4.78 is 5.64. The molecule has 5 atom stereocenters. The third-order valence-corrected chi connectivity index (χ3v) is 7.34. The molecule has 0 bridgehead atoms. The topological polar surface area (TPSA) is 172 Å². The predicted octanol–water partition coefficient (Wildman–Crippen LogP) is 2.24. The second-order valence-electron chi connectivity index (χ2n) is 12.4. The van der Waals surface area contributed by atoms with Gasteiger partial charge in [0.15, 0.2) is 0 Å². The Labute approximate surface area is 257 Å². The van der Waals surface area contributed by atoms with Gasteiger partial charge in [0.25, 0.3) is 0 Å². The smallest absolute Gasteiger partial charge is 0.328 e. The van der Waals surface area contributed by atoms with Crippen molar-refractivity contribution < 1.29 is 33.5 Å². The van der Waals surface area contributed by atoms with Crippen LogP contribution in [0.2, 0.25) is 0 Å². The zero-order chi connectivity index (χ0) is 32.5. The minimum Gasteiger partial charge on any atom is -0.460 e. The first kappa shape index (κ1) is 37.8. The van der Waals surface area contributed by atoms with E-state index in [1.54, 1.807) is 13.8 Å². The molecular formula is C31H55N5O7. The van der Waals surface area contributed by atoms with Crippen molar-refractivity contribution in [2.24, 2.45) is 11.8 Å². The third kappa shape index (κ3) is 15.2. The van der Waals surface area contributed by atoms with E-state index in [9.17, 15) is 28.8 Å². The SMILES string of the molecule is CCCCCCCCCC1CC(=O)NCC(=O)NC(C(C)C)C(=O)N[C@H](CC(C)C)C(=O)N[C@@H](C)C(=O)N[C@@H](C)C(=O)O1. The van der Waals surface area contributed by atoms with E-state index in [2.05, 4.69) is 33.5 Å². The van der Waals surface area contributed by atoms with Crippen molar-refractivity contribution in [2.75, 3.05) is 6.54 Å². The fourth-order valence-corrected chi connectivity index (χ4v) is 4.76. The molecule has 5 amide bonds. The zero-order valence-electron chi connectivity index (χ0n) is 27.2. The lowest BCUT2D eigenvalue weighted by Gasteiger charge is -2.27. The molecular weight excluding hydrogens is 554 g/mol. The largest absolute Gasteiger partial charge is 0.460 e. The number of cyclic esters (lactones) is 1. The first-order chi connectivity index (χ1) is 20.2. The summed E-state index contributed by atoms with van der Waals surface area (Å²) in [6.45, 7) is 12.0. The molecule has 246 valence electrons. The first-order valence-electron chi connectivity index (χ1n) is 15.9. The molecule has 0 saturated carbocycles. The average molecular weight is 610 g/mol. The summed E-state index contributed by atoms with van der Waals surface area (Å²) in [6, 6.07) is -3.96. The van der Waals surface area contributed by atoms with Gasteiger partial charge in [0.05, 0.1) is 13.0 Å². The molecule has 0 aliphatic carbocycles. The van der Waals surface area contributed by atoms with Gasteiger partial charge in [0.1, 0.15) is 30.3 Å². The van der Waals surface area contributed by atoms with Gasteiger partial charge >= 0.3 is 5.97 Å². The van der Waals surface area contributed by atoms with Gasteiger partial charge in [-0.3, -0.25) is 24.0 Å². The van der Waals surface area contributed by atoms with E-state index < -0.39 is 65.8 Å². The normalized spacial score (nSPS) is 25.5. The molecule has 43 heavy (non-hydrogen) atoms. The molecule has 1 heterocycles. The minimum absolute atomic E-state index is 0.0351. The zero-order valence-corrected chi connectivity index (χ0v) is 27.2. The molecule has 1 aliphatic heterocycles. The predicted molar refractivity (Wildman–Crippen MR) is 163 cm³/mol. The van der Waals surface area contributed by atoms with E-state index in [4.69, 9.17) is 4.74 Å². The quantitative estimate of drug-likeness (QED) is 0.177. The minimum atomic E-state index is -1.03. The Morgan fingerprint density at radius 1 is 0.721 bits per heavy atom. The fourth-order valence-electron chi connectivity index (χ4n) is 4.76. The highest BCUT2D eigenvalue weighted by Gasteiger charge is 2.32. The van der Waals surface area contributed by atoms with E-state index in [1.165, 1.54) is 26.7 Å². The lowest BCUT2D eigenvalue weighted by molar-refractivity contribution is -0.154. The Morgan fingerprint density at radius 2 is 1.33 bits per heavy atom. The molecule has 0 aromatic carbocycles. The molecule has 0 aromatic rings. The number of carbonyl (C=O) groups is 6. The number of hydrogen-bond donors (Lipinski definition) is 5. The van der Waals surface area contributed by atoms with Gasteiger partial charge in [-0.25, -0.2) is 4.79 Å². The van der Waals surface area contributed by atoms with Gasteiger partial charge in [-0.15, -0.1) is 0 Å². The molecule has 2 unspecified atom stereocenters. The summed E-state index contributed by atoms with van der Waals surface area (Å²) in [7, 11) is 0. The standard InChI is InChI=1S/C31H55N5O7/c1-8-9-10-11-12-13-14-15-23-17-25(37)32-18-26(38)36-27(20(4)5)30(41)35-24(16-19(2)3)29(40)33-21(6)28(39)34-22(7)31(42)43-23/h19-24,27H,8-18H2,1-7H3,(H,32,37)(H,33,40)(H,34,39)(H,35,41)(H,36,38)/t21-,22-,23?,24+,27?/m0/s1. The number of rotatable bonds is 11. The van der Waals surface area contributed by atoms with Crippen LogP contribution in [0.15, 0.2) is 0 Å². The van der Waals surface area contributed by atoms with Crippen LogP contribution in [0.1, 0.15) is 113 Å². The Morgan fingerprint density at radius 3 is 1.93 bits per heavy atom. The van der Waals surface area contributed by atoms with Crippen molar-refractivity contribution in [1.29, 1.82) is 0 Å². The second-order valence-corrected chi connectivity index (χ2v) is 12.4. The number of nitrogens with one attached hydrogen (secondary N) is 5. The van der Waals surface area contributed by atoms with E-state index in [0.717, 1.165) is 32.1 Å². The van der Waals surface area contributed by atoms with E-state index in [-0.39, 0.29) is 24.8 Å². The average Bonchev–Trinajstić information content (AvgIpc) is 2.92. The molecule has 1 aliphatic rings. The first-order valence-corrected chi connectivity index (χ1v) is 15.9. The number of esters is 1. The van der Waals surface area contributed by atoms with Gasteiger partial charge in [-0.2, -0.15) is 0 Å². The summed E-state index contributed by atoms with van der Waals surface area (Å²) in [5.74, 6) is -3.73. The van der Waals surface area contributed by atoms with Crippen LogP contribution < -0.4 is 26.6 Å². The van der Waals surface area contributed by atoms with Crippen molar-refractivity contribution in [3.63, 3.8) is 0 Å². The Bertz CT molecular complexity index is 939. The summed E-state index contributed by atoms with van der Waals surface area (Å²) in [5, 5.41) is 13.1. The molecule has 0 spiro atoms. The van der Waals surface area contributed by atoms with E-state index in [0.29, 0.717) is 12.8 Å². The van der Waals surface area contributed by atoms with Crippen molar-refractivity contribution >= 4 is 35.5 Å². The van der Waals surface area contributed by atoms with Crippen LogP contribution in [0.4, 0.5) is 0 Å². The van der Waals surface area contributed by atoms with Crippen molar-refractivity contribution in [3.8, 4) is 0 Å². The Balaban J connectivity index is 3.13. The molecule has 1 fully saturated rings. The summed E-state index contributed by atoms with van der Waals surface area (Å²) in [6.07, 6.45) is 7.26. The van der Waals surface area contributed by atoms with Gasteiger partial charge in [-0.05, 0) is 44.9 Å². The van der Waals surface area contributed by atoms with E-state index in [1.807, 2.05) is 13.8 Å². The Kier molecular flexibility index (Phi) is 17.5. The van der Waals surface area contributed by atoms with Crippen molar-refractivity contribution in [1.82, 2.24) is 26.6 Å². The molecule has 5 N–H and O–H groups in total. The van der Waals surface area contributed by atoms with Gasteiger partial charge in [-0.1, -0.05) is 73.1 Å². The molecule has 0 radical (unpaired) electrons. The number of carbonyl (C=O) groups excluding carboxylic acids is 6. The summed E-state index contributed by atoms with van der Waals surface area (Å²) >= 11 is 0. The molecule has 1 rings (SSSR count). The maximum Gasteiger partial charge on any atom is 0.328 e. The number of unbranched alkanes of at least 4 members (excludes halogenated alkanes) is 6. The molecule has 1 saturated heterocycles.